The molecule has 0 radical (unpaired) electrons. The number of aromatic nitrogens is 1. The number of aromatic carboxylic acids is 1. The highest BCUT2D eigenvalue weighted by atomic mass is 35.5. The van der Waals surface area contributed by atoms with Crippen molar-refractivity contribution in [3.05, 3.63) is 29.1 Å². The van der Waals surface area contributed by atoms with Crippen LogP contribution in [0.1, 0.15) is 21.6 Å². The molecule has 64 valence electrons. The Hall–Kier alpha value is -1.09. The number of carboxylic acid groups (broad SMARTS) is 1. The number of carbonyl (C=O) groups is 1. The molecule has 0 aliphatic carbocycles. The van der Waals surface area contributed by atoms with Crippen molar-refractivity contribution in [3.63, 3.8) is 0 Å². The van der Waals surface area contributed by atoms with E-state index in [9.17, 15) is 4.79 Å². The lowest BCUT2D eigenvalue weighted by atomic mass is 10.1. The van der Waals surface area contributed by atoms with E-state index < -0.39 is 5.97 Å². The number of hydrogen-bond acceptors (Lipinski definition) is 2. The van der Waals surface area contributed by atoms with Crippen LogP contribution in [0.15, 0.2) is 12.3 Å². The normalized spacial score (nSPS) is 9.83. The molecule has 0 fully saturated rings. The maximum absolute atomic E-state index is 10.6. The summed E-state index contributed by atoms with van der Waals surface area (Å²) in [5.41, 5.74) is 1.45. The third-order valence-electron chi connectivity index (χ3n) is 1.53. The van der Waals surface area contributed by atoms with Crippen molar-refractivity contribution in [1.82, 2.24) is 4.98 Å². The third kappa shape index (κ3) is 1.74. The Kier molecular flexibility index (Phi) is 2.65. The fourth-order valence-electron chi connectivity index (χ4n) is 0.866. The van der Waals surface area contributed by atoms with E-state index >= 15 is 0 Å². The lowest BCUT2D eigenvalue weighted by Crippen LogP contribution is -2.02. The van der Waals surface area contributed by atoms with Gasteiger partial charge in [-0.1, -0.05) is 0 Å². The van der Waals surface area contributed by atoms with Crippen LogP contribution in [0.4, 0.5) is 0 Å². The summed E-state index contributed by atoms with van der Waals surface area (Å²) in [6.45, 7) is 1.65. The molecule has 1 aromatic rings. The summed E-state index contributed by atoms with van der Waals surface area (Å²) in [5, 5.41) is 8.70. The average Bonchev–Trinajstić information content (AvgIpc) is 2.05. The van der Waals surface area contributed by atoms with Gasteiger partial charge in [-0.15, -0.1) is 11.6 Å². The molecule has 0 aromatic carbocycles. The number of carboxylic acids is 1. The lowest BCUT2D eigenvalue weighted by molar-refractivity contribution is 0.0695. The lowest BCUT2D eigenvalue weighted by Gasteiger charge is -2.00. The van der Waals surface area contributed by atoms with E-state index in [0.29, 0.717) is 5.69 Å². The summed E-state index contributed by atoms with van der Waals surface area (Å²) in [4.78, 5) is 14.5. The van der Waals surface area contributed by atoms with Crippen molar-refractivity contribution in [2.75, 3.05) is 0 Å². The van der Waals surface area contributed by atoms with Crippen LogP contribution in [0, 0.1) is 6.92 Å². The van der Waals surface area contributed by atoms with Gasteiger partial charge in [-0.05, 0) is 18.6 Å². The van der Waals surface area contributed by atoms with E-state index in [0.717, 1.165) is 5.56 Å². The Labute approximate surface area is 75.0 Å². The van der Waals surface area contributed by atoms with Gasteiger partial charge in [0.25, 0.3) is 0 Å². The fourth-order valence-corrected chi connectivity index (χ4v) is 1.01. The summed E-state index contributed by atoms with van der Waals surface area (Å²) in [5.74, 6) is -0.680. The zero-order valence-corrected chi connectivity index (χ0v) is 7.30. The standard InChI is InChI=1S/C8H8ClNO2/c1-5-7(8(11)12)2-6(3-9)4-10-5/h2,4H,3H2,1H3,(H,11,12). The molecule has 0 amide bonds. The largest absolute Gasteiger partial charge is 0.478 e. The molecular formula is C8H8ClNO2. The van der Waals surface area contributed by atoms with Gasteiger partial charge in [0, 0.05) is 12.1 Å². The number of rotatable bonds is 2. The van der Waals surface area contributed by atoms with Crippen LogP contribution >= 0.6 is 11.6 Å². The zero-order valence-electron chi connectivity index (χ0n) is 6.54. The molecule has 1 heterocycles. The summed E-state index contributed by atoms with van der Waals surface area (Å²) >= 11 is 5.52. The molecule has 0 aliphatic rings. The molecule has 0 spiro atoms. The number of alkyl halides is 1. The van der Waals surface area contributed by atoms with Crippen LogP contribution in [0.3, 0.4) is 0 Å². The summed E-state index contributed by atoms with van der Waals surface area (Å²) in [7, 11) is 0. The number of halogens is 1. The number of nitrogens with zero attached hydrogens (tertiary/aromatic N) is 1. The first-order chi connectivity index (χ1) is 5.65. The van der Waals surface area contributed by atoms with E-state index in [1.54, 1.807) is 13.1 Å². The Morgan fingerprint density at radius 1 is 1.75 bits per heavy atom. The van der Waals surface area contributed by atoms with Crippen molar-refractivity contribution in [2.45, 2.75) is 12.8 Å². The molecule has 0 aliphatic heterocycles. The van der Waals surface area contributed by atoms with Gasteiger partial charge in [0.1, 0.15) is 0 Å². The van der Waals surface area contributed by atoms with E-state index in [1.807, 2.05) is 0 Å². The minimum absolute atomic E-state index is 0.216. The van der Waals surface area contributed by atoms with Gasteiger partial charge >= 0.3 is 5.97 Å². The minimum Gasteiger partial charge on any atom is -0.478 e. The second-order valence-electron chi connectivity index (χ2n) is 2.42. The predicted octanol–water partition coefficient (Wildman–Crippen LogP) is 1.83. The minimum atomic E-state index is -0.966. The molecule has 0 unspecified atom stereocenters. The summed E-state index contributed by atoms with van der Waals surface area (Å²) in [6, 6.07) is 1.54. The van der Waals surface area contributed by atoms with E-state index in [1.165, 1.54) is 6.07 Å². The molecule has 0 saturated carbocycles. The number of hydrogen-bond donors (Lipinski definition) is 1. The maximum atomic E-state index is 10.6. The first-order valence-electron chi connectivity index (χ1n) is 3.40. The van der Waals surface area contributed by atoms with Crippen molar-refractivity contribution < 1.29 is 9.90 Å². The smallest absolute Gasteiger partial charge is 0.337 e. The molecule has 12 heavy (non-hydrogen) atoms. The van der Waals surface area contributed by atoms with E-state index in [-0.39, 0.29) is 11.4 Å². The van der Waals surface area contributed by atoms with E-state index in [4.69, 9.17) is 16.7 Å². The monoisotopic (exact) mass is 185 g/mol. The van der Waals surface area contributed by atoms with Gasteiger partial charge in [-0.2, -0.15) is 0 Å². The van der Waals surface area contributed by atoms with Crippen LogP contribution in [0.2, 0.25) is 0 Å². The zero-order chi connectivity index (χ0) is 9.14. The second-order valence-corrected chi connectivity index (χ2v) is 2.68. The van der Waals surface area contributed by atoms with Crippen LogP contribution in [0.25, 0.3) is 0 Å². The molecule has 0 atom stereocenters. The van der Waals surface area contributed by atoms with E-state index in [2.05, 4.69) is 4.98 Å². The summed E-state index contributed by atoms with van der Waals surface area (Å²) in [6.07, 6.45) is 1.58. The predicted molar refractivity (Wildman–Crippen MR) is 45.5 cm³/mol. The number of pyridine rings is 1. The van der Waals surface area contributed by atoms with Crippen LogP contribution < -0.4 is 0 Å². The van der Waals surface area contributed by atoms with Crippen LogP contribution in [0.5, 0.6) is 0 Å². The molecule has 1 aromatic heterocycles. The fraction of sp³-hybridized carbons (Fsp3) is 0.250. The van der Waals surface area contributed by atoms with Crippen molar-refractivity contribution in [3.8, 4) is 0 Å². The highest BCUT2D eigenvalue weighted by molar-refractivity contribution is 6.17. The van der Waals surface area contributed by atoms with Crippen molar-refractivity contribution >= 4 is 17.6 Å². The first kappa shape index (κ1) is 9.00. The SMILES string of the molecule is Cc1ncc(CCl)cc1C(=O)O. The molecule has 0 bridgehead atoms. The molecular weight excluding hydrogens is 178 g/mol. The Balaban J connectivity index is 3.17. The van der Waals surface area contributed by atoms with Crippen LogP contribution in [-0.4, -0.2) is 16.1 Å². The molecule has 1 N–H and O–H groups in total. The van der Waals surface area contributed by atoms with Gasteiger partial charge in [0.2, 0.25) is 0 Å². The average molecular weight is 186 g/mol. The van der Waals surface area contributed by atoms with Gasteiger partial charge in [0.15, 0.2) is 0 Å². The van der Waals surface area contributed by atoms with Gasteiger partial charge in [-0.25, -0.2) is 4.79 Å². The van der Waals surface area contributed by atoms with Crippen molar-refractivity contribution in [2.24, 2.45) is 0 Å². The van der Waals surface area contributed by atoms with Gasteiger partial charge in [0.05, 0.1) is 11.3 Å². The Morgan fingerprint density at radius 3 is 2.92 bits per heavy atom. The highest BCUT2D eigenvalue weighted by Crippen LogP contribution is 2.09. The van der Waals surface area contributed by atoms with Crippen LogP contribution in [-0.2, 0) is 5.88 Å². The second kappa shape index (κ2) is 3.54. The van der Waals surface area contributed by atoms with Crippen molar-refractivity contribution in [1.29, 1.82) is 0 Å². The number of aryl methyl sites for hydroxylation is 1. The Morgan fingerprint density at radius 2 is 2.42 bits per heavy atom. The molecule has 4 heteroatoms. The third-order valence-corrected chi connectivity index (χ3v) is 1.84. The molecule has 0 saturated heterocycles. The van der Waals surface area contributed by atoms with Gasteiger partial charge in [-0.3, -0.25) is 4.98 Å². The Bertz CT molecular complexity index is 312. The molecule has 3 nitrogen and oxygen atoms in total. The molecule has 1 rings (SSSR count). The maximum Gasteiger partial charge on any atom is 0.337 e. The first-order valence-corrected chi connectivity index (χ1v) is 3.93. The highest BCUT2D eigenvalue weighted by Gasteiger charge is 2.07. The topological polar surface area (TPSA) is 50.2 Å². The van der Waals surface area contributed by atoms with Gasteiger partial charge < -0.3 is 5.11 Å². The quantitative estimate of drug-likeness (QED) is 0.716. The summed E-state index contributed by atoms with van der Waals surface area (Å²) < 4.78 is 0.